The zero-order chi connectivity index (χ0) is 21.3. The number of hydrogen-bond acceptors (Lipinski definition) is 6. The number of sulfone groups is 1. The lowest BCUT2D eigenvalue weighted by Crippen LogP contribution is -2.27. The minimum Gasteiger partial charge on any atom is -0.383 e. The second kappa shape index (κ2) is 8.16. The molecule has 0 bridgehead atoms. The van der Waals surface area contributed by atoms with E-state index in [9.17, 15) is 13.2 Å². The lowest BCUT2D eigenvalue weighted by atomic mass is 10.0. The summed E-state index contributed by atoms with van der Waals surface area (Å²) in [6.07, 6.45) is 0.491. The molecule has 1 fully saturated rings. The van der Waals surface area contributed by atoms with Crippen LogP contribution in [0.25, 0.3) is 22.3 Å². The van der Waals surface area contributed by atoms with E-state index in [1.165, 1.54) is 0 Å². The zero-order valence-corrected chi connectivity index (χ0v) is 17.8. The van der Waals surface area contributed by atoms with Crippen molar-refractivity contribution in [2.24, 2.45) is 0 Å². The topological polar surface area (TPSA) is 103 Å². The van der Waals surface area contributed by atoms with E-state index in [2.05, 4.69) is 10.4 Å². The van der Waals surface area contributed by atoms with E-state index in [1.54, 1.807) is 17.9 Å². The number of benzene rings is 1. The van der Waals surface area contributed by atoms with Gasteiger partial charge < -0.3 is 10.1 Å². The maximum absolute atomic E-state index is 13.0. The Morgan fingerprint density at radius 1 is 1.30 bits per heavy atom. The summed E-state index contributed by atoms with van der Waals surface area (Å²) in [5, 5.41) is 8.11. The molecule has 158 valence electrons. The van der Waals surface area contributed by atoms with Crippen molar-refractivity contribution in [3.63, 3.8) is 0 Å². The molecule has 1 unspecified atom stereocenters. The van der Waals surface area contributed by atoms with E-state index in [-0.39, 0.29) is 23.5 Å². The first kappa shape index (κ1) is 20.5. The minimum absolute atomic E-state index is 0.0375. The molecule has 30 heavy (non-hydrogen) atoms. The van der Waals surface area contributed by atoms with Crippen LogP contribution in [-0.2, 0) is 14.6 Å². The van der Waals surface area contributed by atoms with Crippen molar-refractivity contribution >= 4 is 26.8 Å². The number of fused-ring (bicyclic) bond motifs is 1. The molecule has 0 radical (unpaired) electrons. The van der Waals surface area contributed by atoms with Gasteiger partial charge in [0.1, 0.15) is 0 Å². The summed E-state index contributed by atoms with van der Waals surface area (Å²) in [5.74, 6) is -0.0604. The molecule has 0 saturated carbocycles. The third kappa shape index (κ3) is 3.95. The van der Waals surface area contributed by atoms with Crippen molar-refractivity contribution in [3.8, 4) is 11.3 Å². The molecule has 1 amide bonds. The van der Waals surface area contributed by atoms with Gasteiger partial charge in [-0.1, -0.05) is 30.3 Å². The predicted octanol–water partition coefficient (Wildman–Crippen LogP) is 2.14. The zero-order valence-electron chi connectivity index (χ0n) is 17.0. The second-order valence-corrected chi connectivity index (χ2v) is 9.68. The number of aromatic nitrogens is 3. The predicted molar refractivity (Wildman–Crippen MR) is 114 cm³/mol. The van der Waals surface area contributed by atoms with Crippen molar-refractivity contribution in [2.75, 3.05) is 31.8 Å². The largest absolute Gasteiger partial charge is 0.383 e. The molecule has 3 heterocycles. The van der Waals surface area contributed by atoms with Crippen molar-refractivity contribution < 1.29 is 17.9 Å². The summed E-state index contributed by atoms with van der Waals surface area (Å²) in [5.41, 5.74) is 3.17. The van der Waals surface area contributed by atoms with Crippen LogP contribution in [0.1, 0.15) is 28.5 Å². The standard InChI is InChI=1S/C21H24N4O4S/c1-14-19-17(21(26)22-9-10-29-2)12-18(15-6-4-3-5-7-15)23-20(19)25(24-14)16-8-11-30(27,28)13-16/h3-7,12,16H,8-11,13H2,1-2H3,(H,22,26). The van der Waals surface area contributed by atoms with Gasteiger partial charge in [-0.3, -0.25) is 4.79 Å². The van der Waals surface area contributed by atoms with Gasteiger partial charge >= 0.3 is 0 Å². The normalized spacial score (nSPS) is 18.0. The summed E-state index contributed by atoms with van der Waals surface area (Å²) in [7, 11) is -1.51. The maximum Gasteiger partial charge on any atom is 0.252 e. The molecule has 0 aliphatic carbocycles. The molecule has 1 aromatic carbocycles. The average Bonchev–Trinajstić information content (AvgIpc) is 3.27. The number of hydrogen-bond donors (Lipinski definition) is 1. The first-order valence-electron chi connectivity index (χ1n) is 9.82. The summed E-state index contributed by atoms with van der Waals surface area (Å²) in [6, 6.07) is 11.1. The number of carbonyl (C=O) groups is 1. The lowest BCUT2D eigenvalue weighted by molar-refractivity contribution is 0.0938. The fourth-order valence-corrected chi connectivity index (χ4v) is 5.53. The number of nitrogens with zero attached hydrogens (tertiary/aromatic N) is 3. The molecular formula is C21H24N4O4S. The number of pyridine rings is 1. The Morgan fingerprint density at radius 2 is 2.07 bits per heavy atom. The van der Waals surface area contributed by atoms with Crippen LogP contribution in [0.4, 0.5) is 0 Å². The third-order valence-corrected chi connectivity index (χ3v) is 7.05. The van der Waals surface area contributed by atoms with Crippen LogP contribution in [0, 0.1) is 6.92 Å². The Kier molecular flexibility index (Phi) is 5.57. The lowest BCUT2D eigenvalue weighted by Gasteiger charge is -2.12. The van der Waals surface area contributed by atoms with Crippen LogP contribution >= 0.6 is 0 Å². The first-order valence-corrected chi connectivity index (χ1v) is 11.6. The molecule has 1 saturated heterocycles. The van der Waals surface area contributed by atoms with E-state index in [1.807, 2.05) is 37.3 Å². The maximum atomic E-state index is 13.0. The highest BCUT2D eigenvalue weighted by atomic mass is 32.2. The summed E-state index contributed by atoms with van der Waals surface area (Å²) < 4.78 is 30.8. The van der Waals surface area contributed by atoms with Crippen LogP contribution in [0.5, 0.6) is 0 Å². The van der Waals surface area contributed by atoms with E-state index < -0.39 is 9.84 Å². The Labute approximate surface area is 175 Å². The Morgan fingerprint density at radius 3 is 2.73 bits per heavy atom. The second-order valence-electron chi connectivity index (χ2n) is 7.46. The number of ether oxygens (including phenoxy) is 1. The van der Waals surface area contributed by atoms with E-state index in [4.69, 9.17) is 9.72 Å². The highest BCUT2D eigenvalue weighted by molar-refractivity contribution is 7.91. The van der Waals surface area contributed by atoms with Gasteiger partial charge in [0.15, 0.2) is 15.5 Å². The molecule has 1 atom stereocenters. The SMILES string of the molecule is COCCNC(=O)c1cc(-c2ccccc2)nc2c1c(C)nn2C1CCS(=O)(=O)C1. The highest BCUT2D eigenvalue weighted by Crippen LogP contribution is 2.32. The fraction of sp³-hybridized carbons (Fsp3) is 0.381. The van der Waals surface area contributed by atoms with E-state index in [0.717, 1.165) is 5.56 Å². The quantitative estimate of drug-likeness (QED) is 0.604. The molecular weight excluding hydrogens is 404 g/mol. The van der Waals surface area contributed by atoms with Gasteiger partial charge in [0.2, 0.25) is 0 Å². The minimum atomic E-state index is -3.09. The smallest absolute Gasteiger partial charge is 0.252 e. The van der Waals surface area contributed by atoms with Crippen LogP contribution in [0.2, 0.25) is 0 Å². The van der Waals surface area contributed by atoms with E-state index in [0.29, 0.717) is 47.6 Å². The molecule has 8 nitrogen and oxygen atoms in total. The van der Waals surface area contributed by atoms with Crippen LogP contribution in [-0.4, -0.2) is 60.9 Å². The number of rotatable bonds is 6. The number of amides is 1. The monoisotopic (exact) mass is 428 g/mol. The third-order valence-electron chi connectivity index (χ3n) is 5.30. The molecule has 1 aliphatic rings. The van der Waals surface area contributed by atoms with Crippen LogP contribution < -0.4 is 5.32 Å². The number of nitrogens with one attached hydrogen (secondary N) is 1. The highest BCUT2D eigenvalue weighted by Gasteiger charge is 2.32. The van der Waals surface area contributed by atoms with Gasteiger partial charge in [0.05, 0.1) is 46.5 Å². The molecule has 1 N–H and O–H groups in total. The van der Waals surface area contributed by atoms with Gasteiger partial charge in [0, 0.05) is 19.2 Å². The Balaban J connectivity index is 1.87. The van der Waals surface area contributed by atoms with Crippen LogP contribution in [0.15, 0.2) is 36.4 Å². The number of aryl methyl sites for hydroxylation is 1. The van der Waals surface area contributed by atoms with Crippen LogP contribution in [0.3, 0.4) is 0 Å². The van der Waals surface area contributed by atoms with Crippen molar-refractivity contribution in [1.29, 1.82) is 0 Å². The van der Waals surface area contributed by atoms with Gasteiger partial charge in [-0.15, -0.1) is 0 Å². The molecule has 3 aromatic rings. The Hall–Kier alpha value is -2.78. The van der Waals surface area contributed by atoms with Gasteiger partial charge in [0.25, 0.3) is 5.91 Å². The van der Waals surface area contributed by atoms with E-state index >= 15 is 0 Å². The number of methoxy groups -OCH3 is 1. The Bertz CT molecular complexity index is 1190. The molecule has 0 spiro atoms. The molecule has 9 heteroatoms. The van der Waals surface area contributed by atoms with Gasteiger partial charge in [-0.2, -0.15) is 5.10 Å². The van der Waals surface area contributed by atoms with Crippen molar-refractivity contribution in [1.82, 2.24) is 20.1 Å². The number of carbonyl (C=O) groups excluding carboxylic acids is 1. The van der Waals surface area contributed by atoms with Crippen molar-refractivity contribution in [3.05, 3.63) is 47.7 Å². The molecule has 4 rings (SSSR count). The summed E-state index contributed by atoms with van der Waals surface area (Å²) >= 11 is 0. The first-order chi connectivity index (χ1) is 14.4. The molecule has 2 aromatic heterocycles. The van der Waals surface area contributed by atoms with Gasteiger partial charge in [-0.25, -0.2) is 18.1 Å². The van der Waals surface area contributed by atoms with Gasteiger partial charge in [-0.05, 0) is 19.4 Å². The average molecular weight is 429 g/mol. The summed E-state index contributed by atoms with van der Waals surface area (Å²) in [6.45, 7) is 2.61. The summed E-state index contributed by atoms with van der Waals surface area (Å²) in [4.78, 5) is 17.8. The van der Waals surface area contributed by atoms with Crippen molar-refractivity contribution in [2.45, 2.75) is 19.4 Å². The fourth-order valence-electron chi connectivity index (χ4n) is 3.83. The molecule has 1 aliphatic heterocycles.